The zero-order chi connectivity index (χ0) is 19.6. The fourth-order valence-corrected chi connectivity index (χ4v) is 3.53. The molecule has 0 aromatic heterocycles. The van der Waals surface area contributed by atoms with E-state index in [2.05, 4.69) is 35.6 Å². The summed E-state index contributed by atoms with van der Waals surface area (Å²) in [6.45, 7) is 10.3. The molecule has 1 amide bonds. The number of hydrazine groups is 1. The second kappa shape index (κ2) is 8.07. The predicted octanol–water partition coefficient (Wildman–Crippen LogP) is 4.01. The van der Waals surface area contributed by atoms with Crippen LogP contribution >= 0.6 is 0 Å². The molecular weight excluding hydrogens is 342 g/mol. The Bertz CT molecular complexity index is 667. The first kappa shape index (κ1) is 20.0. The largest absolute Gasteiger partial charge is 0.444 e. The summed E-state index contributed by atoms with van der Waals surface area (Å²) in [4.78, 5) is 14.7. The van der Waals surface area contributed by atoms with E-state index < -0.39 is 5.60 Å². The fraction of sp³-hybridized carbons (Fsp3) is 0.667. The number of ether oxygens (including phenoxy) is 2. The molecule has 6 nitrogen and oxygen atoms in total. The van der Waals surface area contributed by atoms with Crippen LogP contribution in [0.3, 0.4) is 0 Å². The van der Waals surface area contributed by atoms with Crippen LogP contribution in [0, 0.1) is 0 Å². The van der Waals surface area contributed by atoms with Crippen molar-refractivity contribution in [3.63, 3.8) is 0 Å². The van der Waals surface area contributed by atoms with Crippen molar-refractivity contribution in [3.8, 4) is 0 Å². The first-order chi connectivity index (χ1) is 12.8. The van der Waals surface area contributed by atoms with Crippen LogP contribution in [0.2, 0.25) is 0 Å². The van der Waals surface area contributed by atoms with Crippen LogP contribution in [0.4, 0.5) is 10.5 Å². The lowest BCUT2D eigenvalue weighted by molar-refractivity contribution is 0.0153. The average molecular weight is 376 g/mol. The van der Waals surface area contributed by atoms with Crippen LogP contribution in [0.25, 0.3) is 0 Å². The number of fused-ring (bicyclic) bond motifs is 1. The molecule has 3 rings (SSSR count). The minimum atomic E-state index is -0.482. The van der Waals surface area contributed by atoms with E-state index in [1.54, 1.807) is 7.11 Å². The highest BCUT2D eigenvalue weighted by molar-refractivity contribution is 5.70. The van der Waals surface area contributed by atoms with Crippen molar-refractivity contribution in [2.45, 2.75) is 71.2 Å². The molecular formula is C21H33N3O3. The topological polar surface area (TPSA) is 54.0 Å². The molecule has 1 aliphatic carbocycles. The van der Waals surface area contributed by atoms with Crippen molar-refractivity contribution in [2.24, 2.45) is 0 Å². The Labute approximate surface area is 162 Å². The van der Waals surface area contributed by atoms with Crippen molar-refractivity contribution in [2.75, 3.05) is 25.3 Å². The summed E-state index contributed by atoms with van der Waals surface area (Å²) >= 11 is 0. The molecule has 6 heteroatoms. The van der Waals surface area contributed by atoms with E-state index in [4.69, 9.17) is 9.47 Å². The Morgan fingerprint density at radius 3 is 2.74 bits per heavy atom. The highest BCUT2D eigenvalue weighted by Gasteiger charge is 2.39. The van der Waals surface area contributed by atoms with Crippen molar-refractivity contribution in [3.05, 3.63) is 29.3 Å². The molecule has 27 heavy (non-hydrogen) atoms. The van der Waals surface area contributed by atoms with Crippen LogP contribution in [-0.4, -0.2) is 42.9 Å². The molecule has 0 spiro atoms. The Morgan fingerprint density at radius 2 is 2.11 bits per heavy atom. The molecule has 1 fully saturated rings. The van der Waals surface area contributed by atoms with E-state index >= 15 is 0 Å². The van der Waals surface area contributed by atoms with E-state index in [1.165, 1.54) is 11.3 Å². The standard InChI is InChI=1S/C21H33N3O3/c1-15(24(18-9-10-18)20(25)27-21(2,3)4)16-7-8-17-14-22-23(19(17)13-16)11-6-12-26-5/h7-8,13,15,18,22H,6,9-12,14H2,1-5H3. The number of amides is 1. The quantitative estimate of drug-likeness (QED) is 0.730. The number of carbonyl (C=O) groups excluding carboxylic acids is 1. The van der Waals surface area contributed by atoms with E-state index in [0.29, 0.717) is 6.04 Å². The Balaban J connectivity index is 1.76. The van der Waals surface area contributed by atoms with Gasteiger partial charge in [0, 0.05) is 32.8 Å². The minimum Gasteiger partial charge on any atom is -0.444 e. The number of methoxy groups -OCH3 is 1. The molecule has 0 bridgehead atoms. The molecule has 1 N–H and O–H groups in total. The third-order valence-electron chi connectivity index (χ3n) is 5.03. The summed E-state index contributed by atoms with van der Waals surface area (Å²) in [7, 11) is 1.73. The van der Waals surface area contributed by atoms with Gasteiger partial charge in [-0.25, -0.2) is 10.2 Å². The molecule has 1 atom stereocenters. The highest BCUT2D eigenvalue weighted by Crippen LogP contribution is 2.37. The Hall–Kier alpha value is -1.79. The number of hydrogen-bond donors (Lipinski definition) is 1. The number of anilines is 1. The number of hydrogen-bond acceptors (Lipinski definition) is 5. The van der Waals surface area contributed by atoms with Gasteiger partial charge in [0.15, 0.2) is 0 Å². The second-order valence-corrected chi connectivity index (χ2v) is 8.52. The van der Waals surface area contributed by atoms with Crippen molar-refractivity contribution in [1.29, 1.82) is 0 Å². The number of nitrogens with one attached hydrogen (secondary N) is 1. The normalized spacial score (nSPS) is 17.6. The lowest BCUT2D eigenvalue weighted by Crippen LogP contribution is -2.40. The van der Waals surface area contributed by atoms with Gasteiger partial charge in [-0.3, -0.25) is 4.90 Å². The van der Waals surface area contributed by atoms with Gasteiger partial charge >= 0.3 is 6.09 Å². The summed E-state index contributed by atoms with van der Waals surface area (Å²) in [6.07, 6.45) is 2.86. The number of benzene rings is 1. The van der Waals surface area contributed by atoms with Gasteiger partial charge < -0.3 is 14.5 Å². The van der Waals surface area contributed by atoms with Gasteiger partial charge in [-0.15, -0.1) is 0 Å². The van der Waals surface area contributed by atoms with Crippen LogP contribution < -0.4 is 10.4 Å². The summed E-state index contributed by atoms with van der Waals surface area (Å²) in [5.74, 6) is 0. The summed E-state index contributed by atoms with van der Waals surface area (Å²) in [5.41, 5.74) is 6.60. The molecule has 150 valence electrons. The molecule has 2 aliphatic rings. The monoisotopic (exact) mass is 375 g/mol. The van der Waals surface area contributed by atoms with Crippen LogP contribution in [0.1, 0.15) is 64.1 Å². The van der Waals surface area contributed by atoms with Gasteiger partial charge in [0.25, 0.3) is 0 Å². The molecule has 0 radical (unpaired) electrons. The highest BCUT2D eigenvalue weighted by atomic mass is 16.6. The van der Waals surface area contributed by atoms with E-state index in [-0.39, 0.29) is 12.1 Å². The third kappa shape index (κ3) is 4.93. The molecule has 1 unspecified atom stereocenters. The zero-order valence-corrected chi connectivity index (χ0v) is 17.2. The van der Waals surface area contributed by atoms with Crippen molar-refractivity contribution in [1.82, 2.24) is 10.3 Å². The summed E-state index contributed by atoms with van der Waals surface area (Å²) < 4.78 is 10.8. The van der Waals surface area contributed by atoms with Gasteiger partial charge in [0.1, 0.15) is 5.60 Å². The maximum Gasteiger partial charge on any atom is 0.411 e. The zero-order valence-electron chi connectivity index (χ0n) is 17.2. The van der Waals surface area contributed by atoms with E-state index in [9.17, 15) is 4.79 Å². The van der Waals surface area contributed by atoms with Crippen molar-refractivity contribution >= 4 is 11.8 Å². The van der Waals surface area contributed by atoms with Gasteiger partial charge in [-0.2, -0.15) is 0 Å². The Morgan fingerprint density at radius 1 is 1.37 bits per heavy atom. The van der Waals surface area contributed by atoms with Gasteiger partial charge in [-0.1, -0.05) is 12.1 Å². The lowest BCUT2D eigenvalue weighted by Gasteiger charge is -2.32. The van der Waals surface area contributed by atoms with Crippen LogP contribution in [0.5, 0.6) is 0 Å². The molecule has 0 saturated heterocycles. The molecule has 1 heterocycles. The summed E-state index contributed by atoms with van der Waals surface area (Å²) in [6, 6.07) is 6.80. The smallest absolute Gasteiger partial charge is 0.411 e. The minimum absolute atomic E-state index is 0.0147. The first-order valence-electron chi connectivity index (χ1n) is 9.94. The average Bonchev–Trinajstić information content (AvgIpc) is 3.33. The number of rotatable bonds is 7. The van der Waals surface area contributed by atoms with Crippen molar-refractivity contribution < 1.29 is 14.3 Å². The molecule has 1 aliphatic heterocycles. The van der Waals surface area contributed by atoms with Gasteiger partial charge in [0.2, 0.25) is 0 Å². The number of nitrogens with zero attached hydrogens (tertiary/aromatic N) is 2. The SMILES string of the molecule is COCCCN1NCc2ccc(C(C)N(C(=O)OC(C)(C)C)C3CC3)cc21. The van der Waals surface area contributed by atoms with E-state index in [0.717, 1.165) is 44.5 Å². The second-order valence-electron chi connectivity index (χ2n) is 8.52. The maximum atomic E-state index is 12.8. The van der Waals surface area contributed by atoms with Gasteiger partial charge in [-0.05, 0) is 64.2 Å². The third-order valence-corrected chi connectivity index (χ3v) is 5.03. The fourth-order valence-electron chi connectivity index (χ4n) is 3.53. The molecule has 1 saturated carbocycles. The summed E-state index contributed by atoms with van der Waals surface area (Å²) in [5, 5.41) is 2.19. The van der Waals surface area contributed by atoms with Crippen LogP contribution in [-0.2, 0) is 16.0 Å². The molecule has 1 aromatic rings. The maximum absolute atomic E-state index is 12.8. The lowest BCUT2D eigenvalue weighted by atomic mass is 10.0. The molecule has 1 aromatic carbocycles. The first-order valence-corrected chi connectivity index (χ1v) is 9.94. The Kier molecular flexibility index (Phi) is 5.96. The van der Waals surface area contributed by atoms with Gasteiger partial charge in [0.05, 0.1) is 11.7 Å². The van der Waals surface area contributed by atoms with E-state index in [1.807, 2.05) is 25.7 Å². The van der Waals surface area contributed by atoms with Crippen LogP contribution in [0.15, 0.2) is 18.2 Å². The predicted molar refractivity (Wildman–Crippen MR) is 107 cm³/mol. The number of carbonyl (C=O) groups is 1.